The van der Waals surface area contributed by atoms with Gasteiger partial charge < -0.3 is 10.2 Å². The van der Waals surface area contributed by atoms with Crippen molar-refractivity contribution in [2.75, 3.05) is 27.7 Å². The highest BCUT2D eigenvalue weighted by atomic mass is 32.1. The summed E-state index contributed by atoms with van der Waals surface area (Å²) in [6.45, 7) is 1.15. The zero-order valence-corrected chi connectivity index (χ0v) is 10.1. The Balaban J connectivity index is 2.32. The molecule has 0 aromatic carbocycles. The van der Waals surface area contributed by atoms with Crippen LogP contribution in [0.1, 0.15) is 12.0 Å². The van der Waals surface area contributed by atoms with Crippen LogP contribution >= 0.6 is 11.3 Å². The standard InChI is InChI=1S/C11H20N2S/c1-12-11(4-6-13(2)3)8-10-5-7-14-9-10/h5,7,9,11-12H,4,6,8H2,1-3H3. The third-order valence-electron chi connectivity index (χ3n) is 2.40. The minimum absolute atomic E-state index is 0.604. The summed E-state index contributed by atoms with van der Waals surface area (Å²) in [6, 6.07) is 2.82. The lowest BCUT2D eigenvalue weighted by molar-refractivity contribution is 0.364. The number of hydrogen-bond donors (Lipinski definition) is 1. The molecule has 0 aliphatic heterocycles. The highest BCUT2D eigenvalue weighted by molar-refractivity contribution is 7.07. The molecule has 0 aliphatic rings. The first-order chi connectivity index (χ1) is 6.72. The maximum absolute atomic E-state index is 3.37. The highest BCUT2D eigenvalue weighted by Gasteiger charge is 2.07. The lowest BCUT2D eigenvalue weighted by Crippen LogP contribution is -2.31. The number of nitrogens with zero attached hydrogens (tertiary/aromatic N) is 1. The number of likely N-dealkylation sites (N-methyl/N-ethyl adjacent to an activating group) is 1. The molecule has 0 saturated carbocycles. The molecule has 1 atom stereocenters. The van der Waals surface area contributed by atoms with Gasteiger partial charge in [-0.15, -0.1) is 0 Å². The minimum atomic E-state index is 0.604. The molecule has 1 N–H and O–H groups in total. The molecule has 14 heavy (non-hydrogen) atoms. The molecule has 80 valence electrons. The lowest BCUT2D eigenvalue weighted by Gasteiger charge is -2.18. The van der Waals surface area contributed by atoms with Crippen LogP contribution < -0.4 is 5.32 Å². The van der Waals surface area contributed by atoms with Crippen LogP contribution in [0, 0.1) is 0 Å². The van der Waals surface area contributed by atoms with Gasteiger partial charge >= 0.3 is 0 Å². The predicted molar refractivity (Wildman–Crippen MR) is 64.0 cm³/mol. The second kappa shape index (κ2) is 6.17. The topological polar surface area (TPSA) is 15.3 Å². The van der Waals surface area contributed by atoms with E-state index in [-0.39, 0.29) is 0 Å². The molecule has 0 spiro atoms. The van der Waals surface area contributed by atoms with Gasteiger partial charge in [-0.1, -0.05) is 0 Å². The van der Waals surface area contributed by atoms with Crippen molar-refractivity contribution in [2.45, 2.75) is 18.9 Å². The van der Waals surface area contributed by atoms with E-state index >= 15 is 0 Å². The number of rotatable bonds is 6. The zero-order chi connectivity index (χ0) is 10.4. The van der Waals surface area contributed by atoms with Crippen molar-refractivity contribution < 1.29 is 0 Å². The molecule has 0 aliphatic carbocycles. The van der Waals surface area contributed by atoms with Crippen LogP contribution in [-0.4, -0.2) is 38.6 Å². The van der Waals surface area contributed by atoms with Crippen LogP contribution in [0.15, 0.2) is 16.8 Å². The summed E-state index contributed by atoms with van der Waals surface area (Å²) < 4.78 is 0. The molecule has 1 aromatic heterocycles. The molecular weight excluding hydrogens is 192 g/mol. The van der Waals surface area contributed by atoms with Crippen molar-refractivity contribution in [3.63, 3.8) is 0 Å². The molecule has 0 saturated heterocycles. The van der Waals surface area contributed by atoms with Crippen molar-refractivity contribution in [2.24, 2.45) is 0 Å². The summed E-state index contributed by atoms with van der Waals surface area (Å²) in [7, 11) is 6.29. The van der Waals surface area contributed by atoms with Crippen LogP contribution in [0.2, 0.25) is 0 Å². The third-order valence-corrected chi connectivity index (χ3v) is 3.13. The quantitative estimate of drug-likeness (QED) is 0.774. The first kappa shape index (κ1) is 11.7. The van der Waals surface area contributed by atoms with Gasteiger partial charge in [-0.25, -0.2) is 0 Å². The van der Waals surface area contributed by atoms with E-state index < -0.39 is 0 Å². The lowest BCUT2D eigenvalue weighted by atomic mass is 10.1. The van der Waals surface area contributed by atoms with Gasteiger partial charge in [-0.05, 0) is 62.9 Å². The minimum Gasteiger partial charge on any atom is -0.317 e. The van der Waals surface area contributed by atoms with Gasteiger partial charge in [0, 0.05) is 6.04 Å². The van der Waals surface area contributed by atoms with E-state index in [4.69, 9.17) is 0 Å². The summed E-state index contributed by atoms with van der Waals surface area (Å²) in [4.78, 5) is 2.23. The van der Waals surface area contributed by atoms with Gasteiger partial charge in [-0.3, -0.25) is 0 Å². The SMILES string of the molecule is CNC(CCN(C)C)Cc1ccsc1. The summed E-state index contributed by atoms with van der Waals surface area (Å²) in [5, 5.41) is 7.76. The van der Waals surface area contributed by atoms with Gasteiger partial charge in [0.15, 0.2) is 0 Å². The average molecular weight is 212 g/mol. The normalized spacial score (nSPS) is 13.4. The fraction of sp³-hybridized carbons (Fsp3) is 0.636. The molecule has 3 heteroatoms. The Labute approximate surface area is 90.9 Å². The molecule has 1 heterocycles. The van der Waals surface area contributed by atoms with Crippen molar-refractivity contribution in [1.82, 2.24) is 10.2 Å². The fourth-order valence-electron chi connectivity index (χ4n) is 1.46. The van der Waals surface area contributed by atoms with Crippen LogP contribution in [0.5, 0.6) is 0 Å². The maximum Gasteiger partial charge on any atom is 0.0117 e. The summed E-state index contributed by atoms with van der Waals surface area (Å²) in [6.07, 6.45) is 2.35. The molecule has 1 unspecified atom stereocenters. The van der Waals surface area contributed by atoms with E-state index in [9.17, 15) is 0 Å². The third kappa shape index (κ3) is 4.22. The molecule has 0 amide bonds. The van der Waals surface area contributed by atoms with E-state index in [0.717, 1.165) is 13.0 Å². The average Bonchev–Trinajstić information content (AvgIpc) is 2.64. The van der Waals surface area contributed by atoms with Gasteiger partial charge in [0.1, 0.15) is 0 Å². The van der Waals surface area contributed by atoms with Crippen LogP contribution in [-0.2, 0) is 6.42 Å². The Morgan fingerprint density at radius 3 is 2.79 bits per heavy atom. The molecule has 0 radical (unpaired) electrons. The van der Waals surface area contributed by atoms with Gasteiger partial charge in [-0.2, -0.15) is 11.3 Å². The van der Waals surface area contributed by atoms with E-state index in [1.54, 1.807) is 11.3 Å². The van der Waals surface area contributed by atoms with E-state index in [1.807, 2.05) is 7.05 Å². The van der Waals surface area contributed by atoms with Gasteiger partial charge in [0.05, 0.1) is 0 Å². The van der Waals surface area contributed by atoms with Gasteiger partial charge in [0.25, 0.3) is 0 Å². The van der Waals surface area contributed by atoms with Crippen molar-refractivity contribution in [3.05, 3.63) is 22.4 Å². The van der Waals surface area contributed by atoms with Crippen LogP contribution in [0.4, 0.5) is 0 Å². The second-order valence-electron chi connectivity index (χ2n) is 3.91. The highest BCUT2D eigenvalue weighted by Crippen LogP contribution is 2.10. The molecule has 0 bridgehead atoms. The summed E-state index contributed by atoms with van der Waals surface area (Å²) in [5.41, 5.74) is 1.45. The Hall–Kier alpha value is -0.380. The first-order valence-electron chi connectivity index (χ1n) is 5.05. The zero-order valence-electron chi connectivity index (χ0n) is 9.29. The van der Waals surface area contributed by atoms with E-state index in [1.165, 1.54) is 12.0 Å². The molecule has 1 rings (SSSR count). The van der Waals surface area contributed by atoms with Crippen molar-refractivity contribution in [1.29, 1.82) is 0 Å². The van der Waals surface area contributed by atoms with E-state index in [2.05, 4.69) is 41.1 Å². The Morgan fingerprint density at radius 2 is 2.29 bits per heavy atom. The smallest absolute Gasteiger partial charge is 0.0117 e. The number of nitrogens with one attached hydrogen (secondary N) is 1. The van der Waals surface area contributed by atoms with Crippen molar-refractivity contribution >= 4 is 11.3 Å². The fourth-order valence-corrected chi connectivity index (χ4v) is 2.14. The first-order valence-corrected chi connectivity index (χ1v) is 5.99. The summed E-state index contributed by atoms with van der Waals surface area (Å²) in [5.74, 6) is 0. The largest absolute Gasteiger partial charge is 0.317 e. The monoisotopic (exact) mass is 212 g/mol. The second-order valence-corrected chi connectivity index (χ2v) is 4.69. The molecule has 2 nitrogen and oxygen atoms in total. The van der Waals surface area contributed by atoms with Crippen LogP contribution in [0.25, 0.3) is 0 Å². The van der Waals surface area contributed by atoms with E-state index in [0.29, 0.717) is 6.04 Å². The molecule has 0 fully saturated rings. The maximum atomic E-state index is 3.37. The Kier molecular flexibility index (Phi) is 5.15. The summed E-state index contributed by atoms with van der Waals surface area (Å²) >= 11 is 1.78. The van der Waals surface area contributed by atoms with Crippen molar-refractivity contribution in [3.8, 4) is 0 Å². The number of hydrogen-bond acceptors (Lipinski definition) is 3. The Bertz CT molecular complexity index is 231. The number of thiophene rings is 1. The Morgan fingerprint density at radius 1 is 1.50 bits per heavy atom. The molecule has 1 aromatic rings. The predicted octanol–water partition coefficient (Wildman–Crippen LogP) is 1.83. The molecular formula is C11H20N2S. The van der Waals surface area contributed by atoms with Gasteiger partial charge in [0.2, 0.25) is 0 Å². The van der Waals surface area contributed by atoms with Crippen LogP contribution in [0.3, 0.4) is 0 Å².